The van der Waals surface area contributed by atoms with E-state index in [4.69, 9.17) is 11.6 Å². The predicted octanol–water partition coefficient (Wildman–Crippen LogP) is 1.91. The van der Waals surface area contributed by atoms with Gasteiger partial charge in [0.05, 0.1) is 12.4 Å². The molecule has 4 nitrogen and oxygen atoms in total. The molecule has 0 fully saturated rings. The summed E-state index contributed by atoms with van der Waals surface area (Å²) in [5.41, 5.74) is 0.286. The smallest absolute Gasteiger partial charge is 0.271 e. The highest BCUT2D eigenvalue weighted by Crippen LogP contribution is 2.10. The summed E-state index contributed by atoms with van der Waals surface area (Å²) in [5, 5.41) is 2.99. The van der Waals surface area contributed by atoms with Gasteiger partial charge in [0, 0.05) is 6.54 Å². The monoisotopic (exact) mass is 227 g/mol. The Bertz CT molecular complexity index is 360. The first kappa shape index (κ1) is 11.9. The number of hydrogen-bond donors (Lipinski definition) is 1. The average molecular weight is 228 g/mol. The van der Waals surface area contributed by atoms with Crippen LogP contribution in [0.4, 0.5) is 0 Å². The minimum Gasteiger partial charge on any atom is -0.350 e. The highest BCUT2D eigenvalue weighted by molar-refractivity contribution is 6.29. The molecule has 0 aliphatic heterocycles. The second-order valence-electron chi connectivity index (χ2n) is 4.47. The molecule has 5 heteroatoms. The van der Waals surface area contributed by atoms with Crippen LogP contribution in [0.2, 0.25) is 5.15 Å². The summed E-state index contributed by atoms with van der Waals surface area (Å²) < 4.78 is 0. The average Bonchev–Trinajstić information content (AvgIpc) is 2.13. The first-order valence-corrected chi connectivity index (χ1v) is 5.02. The molecular weight excluding hydrogens is 214 g/mol. The van der Waals surface area contributed by atoms with Crippen molar-refractivity contribution in [1.29, 1.82) is 0 Å². The van der Waals surface area contributed by atoms with Gasteiger partial charge in [-0.15, -0.1) is 0 Å². The van der Waals surface area contributed by atoms with Gasteiger partial charge in [-0.25, -0.2) is 4.98 Å². The fourth-order valence-corrected chi connectivity index (χ4v) is 1.03. The zero-order chi connectivity index (χ0) is 11.5. The standard InChI is InChI=1S/C10H14ClN3O/c1-10(2,3)6-13-9(15)7-4-12-5-8(11)14-7/h4-5H,6H2,1-3H3,(H,13,15). The third kappa shape index (κ3) is 4.25. The van der Waals surface area contributed by atoms with E-state index in [0.717, 1.165) is 0 Å². The molecule has 1 heterocycles. The summed E-state index contributed by atoms with van der Waals surface area (Å²) in [7, 11) is 0. The Morgan fingerprint density at radius 2 is 2.13 bits per heavy atom. The molecule has 0 saturated carbocycles. The van der Waals surface area contributed by atoms with E-state index in [1.165, 1.54) is 12.4 Å². The Morgan fingerprint density at radius 3 is 2.67 bits per heavy atom. The molecule has 0 spiro atoms. The Kier molecular flexibility index (Phi) is 3.63. The molecule has 0 saturated heterocycles. The van der Waals surface area contributed by atoms with Crippen LogP contribution in [-0.4, -0.2) is 22.4 Å². The van der Waals surface area contributed by atoms with Crippen molar-refractivity contribution >= 4 is 17.5 Å². The number of carbonyl (C=O) groups is 1. The molecule has 0 aliphatic rings. The van der Waals surface area contributed by atoms with Crippen molar-refractivity contribution in [3.63, 3.8) is 0 Å². The van der Waals surface area contributed by atoms with Gasteiger partial charge in [-0.1, -0.05) is 32.4 Å². The highest BCUT2D eigenvalue weighted by atomic mass is 35.5. The number of nitrogens with zero attached hydrogens (tertiary/aromatic N) is 2. The van der Waals surface area contributed by atoms with Gasteiger partial charge in [0.2, 0.25) is 0 Å². The molecule has 0 bridgehead atoms. The molecular formula is C10H14ClN3O. The number of amides is 1. The zero-order valence-electron chi connectivity index (χ0n) is 9.04. The number of carbonyl (C=O) groups excluding carboxylic acids is 1. The van der Waals surface area contributed by atoms with Crippen molar-refractivity contribution in [1.82, 2.24) is 15.3 Å². The van der Waals surface area contributed by atoms with E-state index in [1.54, 1.807) is 0 Å². The Morgan fingerprint density at radius 1 is 1.47 bits per heavy atom. The lowest BCUT2D eigenvalue weighted by molar-refractivity contribution is 0.0934. The van der Waals surface area contributed by atoms with Crippen molar-refractivity contribution in [3.8, 4) is 0 Å². The van der Waals surface area contributed by atoms with Gasteiger partial charge >= 0.3 is 0 Å². The van der Waals surface area contributed by atoms with Crippen molar-refractivity contribution < 1.29 is 4.79 Å². The normalized spacial score (nSPS) is 11.2. The lowest BCUT2D eigenvalue weighted by Gasteiger charge is -2.18. The Hall–Kier alpha value is -1.16. The van der Waals surface area contributed by atoms with Crippen LogP contribution in [0, 0.1) is 5.41 Å². The van der Waals surface area contributed by atoms with Crippen LogP contribution in [0.3, 0.4) is 0 Å². The van der Waals surface area contributed by atoms with Gasteiger partial charge in [0.1, 0.15) is 10.8 Å². The summed E-state index contributed by atoms with van der Waals surface area (Å²) in [4.78, 5) is 19.2. The Balaban J connectivity index is 2.62. The number of rotatable bonds is 2. The van der Waals surface area contributed by atoms with E-state index < -0.39 is 0 Å². The summed E-state index contributed by atoms with van der Waals surface area (Å²) >= 11 is 5.63. The SMILES string of the molecule is CC(C)(C)CNC(=O)c1cncc(Cl)n1. The lowest BCUT2D eigenvalue weighted by Crippen LogP contribution is -2.32. The summed E-state index contributed by atoms with van der Waals surface area (Å²) in [5.74, 6) is -0.250. The summed E-state index contributed by atoms with van der Waals surface area (Å²) in [6.45, 7) is 6.70. The maximum atomic E-state index is 11.6. The molecule has 0 aromatic carbocycles. The van der Waals surface area contributed by atoms with Crippen molar-refractivity contribution in [2.75, 3.05) is 6.54 Å². The molecule has 1 aromatic rings. The molecule has 0 radical (unpaired) electrons. The first-order chi connectivity index (χ1) is 6.88. The minimum absolute atomic E-state index is 0.0433. The fourth-order valence-electron chi connectivity index (χ4n) is 0.888. The van der Waals surface area contributed by atoms with Crippen molar-refractivity contribution in [2.45, 2.75) is 20.8 Å². The fraction of sp³-hybridized carbons (Fsp3) is 0.500. The summed E-state index contributed by atoms with van der Waals surface area (Å²) in [6.07, 6.45) is 2.78. The first-order valence-electron chi connectivity index (χ1n) is 4.64. The lowest BCUT2D eigenvalue weighted by atomic mass is 9.97. The molecule has 82 valence electrons. The van der Waals surface area contributed by atoms with Crippen LogP contribution in [0.25, 0.3) is 0 Å². The van der Waals surface area contributed by atoms with E-state index in [-0.39, 0.29) is 22.2 Å². The number of halogens is 1. The van der Waals surface area contributed by atoms with Gasteiger partial charge in [-0.3, -0.25) is 9.78 Å². The molecule has 1 aromatic heterocycles. The van der Waals surface area contributed by atoms with Gasteiger partial charge in [0.25, 0.3) is 5.91 Å². The maximum absolute atomic E-state index is 11.6. The van der Waals surface area contributed by atoms with E-state index in [1.807, 2.05) is 20.8 Å². The number of hydrogen-bond acceptors (Lipinski definition) is 3. The second kappa shape index (κ2) is 4.57. The van der Waals surface area contributed by atoms with E-state index in [9.17, 15) is 4.79 Å². The second-order valence-corrected chi connectivity index (χ2v) is 4.86. The number of nitrogens with one attached hydrogen (secondary N) is 1. The third-order valence-corrected chi connectivity index (χ3v) is 1.80. The molecule has 0 atom stereocenters. The van der Waals surface area contributed by atoms with Gasteiger partial charge < -0.3 is 5.32 Å². The van der Waals surface area contributed by atoms with E-state index >= 15 is 0 Å². The van der Waals surface area contributed by atoms with Crippen LogP contribution in [0.5, 0.6) is 0 Å². The van der Waals surface area contributed by atoms with Crippen LogP contribution in [0.15, 0.2) is 12.4 Å². The zero-order valence-corrected chi connectivity index (χ0v) is 9.80. The summed E-state index contributed by atoms with van der Waals surface area (Å²) in [6, 6.07) is 0. The molecule has 0 aliphatic carbocycles. The van der Waals surface area contributed by atoms with Gasteiger partial charge in [-0.05, 0) is 5.41 Å². The molecule has 1 rings (SSSR count). The highest BCUT2D eigenvalue weighted by Gasteiger charge is 2.14. The quantitative estimate of drug-likeness (QED) is 0.840. The Labute approximate surface area is 94.1 Å². The van der Waals surface area contributed by atoms with E-state index in [0.29, 0.717) is 6.54 Å². The van der Waals surface area contributed by atoms with E-state index in [2.05, 4.69) is 15.3 Å². The largest absolute Gasteiger partial charge is 0.350 e. The van der Waals surface area contributed by atoms with Crippen LogP contribution in [-0.2, 0) is 0 Å². The third-order valence-electron chi connectivity index (χ3n) is 1.62. The van der Waals surface area contributed by atoms with Crippen LogP contribution >= 0.6 is 11.6 Å². The van der Waals surface area contributed by atoms with Crippen LogP contribution < -0.4 is 5.32 Å². The van der Waals surface area contributed by atoms with Crippen molar-refractivity contribution in [2.24, 2.45) is 5.41 Å². The van der Waals surface area contributed by atoms with Crippen molar-refractivity contribution in [3.05, 3.63) is 23.2 Å². The maximum Gasteiger partial charge on any atom is 0.271 e. The minimum atomic E-state index is -0.250. The molecule has 15 heavy (non-hydrogen) atoms. The molecule has 0 unspecified atom stereocenters. The van der Waals surface area contributed by atoms with Crippen LogP contribution in [0.1, 0.15) is 31.3 Å². The molecule has 1 amide bonds. The number of aromatic nitrogens is 2. The predicted molar refractivity (Wildman–Crippen MR) is 58.8 cm³/mol. The van der Waals surface area contributed by atoms with Gasteiger partial charge in [-0.2, -0.15) is 0 Å². The molecule has 1 N–H and O–H groups in total. The topological polar surface area (TPSA) is 54.9 Å². The van der Waals surface area contributed by atoms with Gasteiger partial charge in [0.15, 0.2) is 0 Å².